The summed E-state index contributed by atoms with van der Waals surface area (Å²) in [6.07, 6.45) is 0. The van der Waals surface area contributed by atoms with Crippen LogP contribution in [0.25, 0.3) is 0 Å². The van der Waals surface area contributed by atoms with E-state index < -0.39 is 0 Å². The number of hydrogen-bond acceptors (Lipinski definition) is 4. The fourth-order valence-corrected chi connectivity index (χ4v) is 2.24. The summed E-state index contributed by atoms with van der Waals surface area (Å²) in [6.45, 7) is 1.76. The third-order valence-corrected chi connectivity index (χ3v) is 3.12. The molecular weight excluding hydrogens is 278 g/mol. The van der Waals surface area contributed by atoms with E-state index in [1.54, 1.807) is 31.2 Å². The van der Waals surface area contributed by atoms with Crippen molar-refractivity contribution in [2.24, 2.45) is 0 Å². The molecular formula is C13H15N3O3S. The highest BCUT2D eigenvalue weighted by molar-refractivity contribution is 7.80. The molecule has 0 aromatic heterocycles. The predicted octanol–water partition coefficient (Wildman–Crippen LogP) is 0.881. The summed E-state index contributed by atoms with van der Waals surface area (Å²) in [6, 6.07) is 6.56. The molecule has 2 rings (SSSR count). The summed E-state index contributed by atoms with van der Waals surface area (Å²) in [4.78, 5) is 24.8. The Kier molecular flexibility index (Phi) is 4.31. The maximum absolute atomic E-state index is 12.0. The molecule has 6 nitrogen and oxygen atoms in total. The largest absolute Gasteiger partial charge is 0.375 e. The van der Waals surface area contributed by atoms with Crippen LogP contribution in [0.2, 0.25) is 0 Å². The van der Waals surface area contributed by atoms with E-state index in [4.69, 9.17) is 17.0 Å². The van der Waals surface area contributed by atoms with Gasteiger partial charge in [0.05, 0.1) is 5.69 Å². The zero-order valence-corrected chi connectivity index (χ0v) is 12.0. The Labute approximate surface area is 122 Å². The molecule has 0 bridgehead atoms. The van der Waals surface area contributed by atoms with Crippen molar-refractivity contribution in [3.63, 3.8) is 0 Å². The number of nitrogens with one attached hydrogen (secondary N) is 2. The summed E-state index contributed by atoms with van der Waals surface area (Å²) < 4.78 is 4.73. The van der Waals surface area contributed by atoms with Crippen molar-refractivity contribution >= 4 is 40.5 Å². The van der Waals surface area contributed by atoms with Crippen LogP contribution in [0.5, 0.6) is 0 Å². The van der Waals surface area contributed by atoms with Crippen molar-refractivity contribution in [3.05, 3.63) is 24.3 Å². The Bertz CT molecular complexity index is 544. The lowest BCUT2D eigenvalue weighted by Crippen LogP contribution is -2.30. The fraction of sp³-hybridized carbons (Fsp3) is 0.308. The van der Waals surface area contributed by atoms with Crippen LogP contribution >= 0.6 is 12.2 Å². The fourth-order valence-electron chi connectivity index (χ4n) is 1.87. The Morgan fingerprint density at radius 3 is 2.60 bits per heavy atom. The third kappa shape index (κ3) is 2.94. The smallest absolute Gasteiger partial charge is 0.255 e. The highest BCUT2D eigenvalue weighted by Crippen LogP contribution is 2.21. The van der Waals surface area contributed by atoms with Gasteiger partial charge in [-0.25, -0.2) is 0 Å². The quantitative estimate of drug-likeness (QED) is 0.807. The van der Waals surface area contributed by atoms with Crippen LogP contribution in [0.15, 0.2) is 24.3 Å². The maximum atomic E-state index is 12.0. The Morgan fingerprint density at radius 1 is 1.45 bits per heavy atom. The molecule has 0 saturated carbocycles. The summed E-state index contributed by atoms with van der Waals surface area (Å²) in [5.74, 6) is -0.325. The van der Waals surface area contributed by atoms with Crippen LogP contribution < -0.4 is 15.5 Å². The molecule has 0 unspecified atom stereocenters. The van der Waals surface area contributed by atoms with Crippen molar-refractivity contribution < 1.29 is 14.3 Å². The molecule has 2 amide bonds. The number of amides is 2. The van der Waals surface area contributed by atoms with Crippen molar-refractivity contribution in [1.29, 1.82) is 0 Å². The average molecular weight is 293 g/mol. The number of carbonyl (C=O) groups is 2. The van der Waals surface area contributed by atoms with E-state index >= 15 is 0 Å². The topological polar surface area (TPSA) is 70.7 Å². The van der Waals surface area contributed by atoms with Crippen LogP contribution in [0.4, 0.5) is 11.4 Å². The van der Waals surface area contributed by atoms with Gasteiger partial charge in [-0.1, -0.05) is 0 Å². The standard InChI is InChI=1S/C13H15N3O3S/c1-8-12(18)16(13(20)14-8)10-5-3-9(4-6-10)15-11(17)7-19-2/h3-6,8H,7H2,1-2H3,(H,14,20)(H,15,17)/t8-/m0/s1. The zero-order chi connectivity index (χ0) is 14.7. The van der Waals surface area contributed by atoms with Gasteiger partial charge >= 0.3 is 0 Å². The number of anilines is 2. The van der Waals surface area contributed by atoms with Gasteiger partial charge in [0, 0.05) is 12.8 Å². The number of methoxy groups -OCH3 is 1. The Morgan fingerprint density at radius 2 is 2.10 bits per heavy atom. The van der Waals surface area contributed by atoms with Gasteiger partial charge in [0.25, 0.3) is 5.91 Å². The molecule has 0 aliphatic carbocycles. The van der Waals surface area contributed by atoms with Crippen LogP contribution in [0, 0.1) is 0 Å². The molecule has 1 aromatic carbocycles. The molecule has 7 heteroatoms. The van der Waals surface area contributed by atoms with E-state index in [1.165, 1.54) is 12.0 Å². The molecule has 1 fully saturated rings. The second kappa shape index (κ2) is 5.98. The van der Waals surface area contributed by atoms with E-state index in [-0.39, 0.29) is 24.5 Å². The first kappa shape index (κ1) is 14.4. The number of rotatable bonds is 4. The SMILES string of the molecule is COCC(=O)Nc1ccc(N2C(=O)[C@H](C)NC2=S)cc1. The first-order valence-electron chi connectivity index (χ1n) is 6.06. The lowest BCUT2D eigenvalue weighted by molar-refractivity contribution is -0.119. The number of ether oxygens (including phenoxy) is 1. The van der Waals surface area contributed by atoms with Crippen molar-refractivity contribution in [2.45, 2.75) is 13.0 Å². The van der Waals surface area contributed by atoms with Crippen LogP contribution in [0.1, 0.15) is 6.92 Å². The third-order valence-electron chi connectivity index (χ3n) is 2.82. The summed E-state index contributed by atoms with van der Waals surface area (Å²) in [5, 5.41) is 5.96. The highest BCUT2D eigenvalue weighted by atomic mass is 32.1. The molecule has 20 heavy (non-hydrogen) atoms. The second-order valence-electron chi connectivity index (χ2n) is 4.37. The molecule has 1 aliphatic rings. The summed E-state index contributed by atoms with van der Waals surface area (Å²) in [7, 11) is 1.46. The number of benzene rings is 1. The number of carbonyl (C=O) groups excluding carboxylic acids is 2. The minimum absolute atomic E-state index is 0.00210. The van der Waals surface area contributed by atoms with Gasteiger partial charge < -0.3 is 15.4 Å². The van der Waals surface area contributed by atoms with Crippen molar-refractivity contribution in [2.75, 3.05) is 23.9 Å². The summed E-state index contributed by atoms with van der Waals surface area (Å²) in [5.41, 5.74) is 1.30. The molecule has 1 atom stereocenters. The monoisotopic (exact) mass is 293 g/mol. The van der Waals surface area contributed by atoms with Gasteiger partial charge in [0.2, 0.25) is 5.91 Å². The van der Waals surface area contributed by atoms with Gasteiger partial charge in [-0.05, 0) is 43.4 Å². The minimum Gasteiger partial charge on any atom is -0.375 e. The minimum atomic E-state index is -0.316. The van der Waals surface area contributed by atoms with E-state index in [0.29, 0.717) is 16.5 Å². The Hall–Kier alpha value is -1.99. The molecule has 106 valence electrons. The van der Waals surface area contributed by atoms with Crippen molar-refractivity contribution in [3.8, 4) is 0 Å². The average Bonchev–Trinajstić information content (AvgIpc) is 2.65. The predicted molar refractivity (Wildman–Crippen MR) is 79.6 cm³/mol. The molecule has 0 radical (unpaired) electrons. The molecule has 2 N–H and O–H groups in total. The molecule has 1 aromatic rings. The Balaban J connectivity index is 2.10. The van der Waals surface area contributed by atoms with E-state index in [9.17, 15) is 9.59 Å². The van der Waals surface area contributed by atoms with Gasteiger partial charge in [0.1, 0.15) is 12.6 Å². The molecule has 0 spiro atoms. The zero-order valence-electron chi connectivity index (χ0n) is 11.2. The highest BCUT2D eigenvalue weighted by Gasteiger charge is 2.33. The van der Waals surface area contributed by atoms with E-state index in [0.717, 1.165) is 0 Å². The van der Waals surface area contributed by atoms with Crippen LogP contribution in [-0.2, 0) is 14.3 Å². The first-order chi connectivity index (χ1) is 9.52. The summed E-state index contributed by atoms with van der Waals surface area (Å²) >= 11 is 5.12. The van der Waals surface area contributed by atoms with Crippen LogP contribution in [-0.4, -0.2) is 36.7 Å². The molecule has 1 saturated heterocycles. The first-order valence-corrected chi connectivity index (χ1v) is 6.47. The maximum Gasteiger partial charge on any atom is 0.255 e. The molecule has 1 heterocycles. The lowest BCUT2D eigenvalue weighted by atomic mass is 10.2. The van der Waals surface area contributed by atoms with Crippen molar-refractivity contribution in [1.82, 2.24) is 5.32 Å². The number of nitrogens with zero attached hydrogens (tertiary/aromatic N) is 1. The lowest BCUT2D eigenvalue weighted by Gasteiger charge is -2.15. The van der Waals surface area contributed by atoms with Gasteiger partial charge in [0.15, 0.2) is 5.11 Å². The van der Waals surface area contributed by atoms with Gasteiger partial charge in [-0.3, -0.25) is 14.5 Å². The van der Waals surface area contributed by atoms with E-state index in [2.05, 4.69) is 10.6 Å². The number of thiocarbonyl (C=S) groups is 1. The van der Waals surface area contributed by atoms with Crippen LogP contribution in [0.3, 0.4) is 0 Å². The normalized spacial score (nSPS) is 18.1. The second-order valence-corrected chi connectivity index (χ2v) is 4.76. The number of hydrogen-bond donors (Lipinski definition) is 2. The molecule has 1 aliphatic heterocycles. The van der Waals surface area contributed by atoms with Gasteiger partial charge in [-0.2, -0.15) is 0 Å². The van der Waals surface area contributed by atoms with E-state index in [1.807, 2.05) is 0 Å². The van der Waals surface area contributed by atoms with Gasteiger partial charge in [-0.15, -0.1) is 0 Å².